The van der Waals surface area contributed by atoms with Crippen molar-refractivity contribution in [2.75, 3.05) is 6.61 Å². The van der Waals surface area contributed by atoms with Crippen molar-refractivity contribution < 1.29 is 4.74 Å². The lowest BCUT2D eigenvalue weighted by atomic mass is 10.6. The van der Waals surface area contributed by atoms with Gasteiger partial charge in [0.15, 0.2) is 0 Å². The summed E-state index contributed by atoms with van der Waals surface area (Å²) in [5.41, 5.74) is 0. The zero-order valence-electron chi connectivity index (χ0n) is 4.57. The smallest absolute Gasteiger partial charge is 0.0989 e. The molecule has 0 unspecified atom stereocenters. The highest BCUT2D eigenvalue weighted by molar-refractivity contribution is 14.1. The Morgan fingerprint density at radius 1 is 1.86 bits per heavy atom. The highest BCUT2D eigenvalue weighted by atomic mass is 127. The third-order valence-electron chi connectivity index (χ3n) is 0.526. The summed E-state index contributed by atoms with van der Waals surface area (Å²) in [6.45, 7) is 4.69. The van der Waals surface area contributed by atoms with Gasteiger partial charge in [0, 0.05) is 4.08 Å². The minimum Gasteiger partial charge on any atom is -0.498 e. The Hall–Kier alpha value is 0.270. The van der Waals surface area contributed by atoms with E-state index < -0.39 is 0 Å². The molecule has 0 bridgehead atoms. The Morgan fingerprint density at radius 3 is 2.57 bits per heavy atom. The standard InChI is InChI=1S/C5H9IO/c1-3-7-5(2)4-6/h4H,3H2,1-2H3/b5-4+. The van der Waals surface area contributed by atoms with E-state index in [0.29, 0.717) is 0 Å². The van der Waals surface area contributed by atoms with Gasteiger partial charge in [-0.3, -0.25) is 0 Å². The maximum absolute atomic E-state index is 5.04. The first-order valence-corrected chi connectivity index (χ1v) is 3.45. The molecule has 0 aromatic carbocycles. The highest BCUT2D eigenvalue weighted by Crippen LogP contribution is 1.97. The molecule has 0 saturated heterocycles. The molecule has 0 N–H and O–H groups in total. The van der Waals surface area contributed by atoms with Crippen LogP contribution < -0.4 is 0 Å². The molecule has 7 heavy (non-hydrogen) atoms. The normalized spacial score (nSPS) is 11.6. The molecule has 0 amide bonds. The number of hydrogen-bond donors (Lipinski definition) is 0. The van der Waals surface area contributed by atoms with Crippen LogP contribution >= 0.6 is 22.6 Å². The van der Waals surface area contributed by atoms with E-state index in [1.54, 1.807) is 0 Å². The van der Waals surface area contributed by atoms with Crippen molar-refractivity contribution in [3.05, 3.63) is 9.84 Å². The van der Waals surface area contributed by atoms with Crippen LogP contribution in [0.25, 0.3) is 0 Å². The first kappa shape index (κ1) is 7.27. The van der Waals surface area contributed by atoms with Gasteiger partial charge in [-0.15, -0.1) is 0 Å². The van der Waals surface area contributed by atoms with Crippen molar-refractivity contribution in [2.24, 2.45) is 0 Å². The number of rotatable bonds is 2. The van der Waals surface area contributed by atoms with Crippen molar-refractivity contribution >= 4 is 22.6 Å². The van der Waals surface area contributed by atoms with Crippen LogP contribution in [0, 0.1) is 0 Å². The lowest BCUT2D eigenvalue weighted by Gasteiger charge is -1.97. The van der Waals surface area contributed by atoms with Gasteiger partial charge >= 0.3 is 0 Å². The zero-order chi connectivity index (χ0) is 5.70. The average Bonchev–Trinajstić information content (AvgIpc) is 1.68. The summed E-state index contributed by atoms with van der Waals surface area (Å²) in [4.78, 5) is 0. The van der Waals surface area contributed by atoms with Gasteiger partial charge in [0.25, 0.3) is 0 Å². The van der Waals surface area contributed by atoms with E-state index in [1.165, 1.54) is 0 Å². The Morgan fingerprint density at radius 2 is 2.43 bits per heavy atom. The minimum absolute atomic E-state index is 0.769. The fourth-order valence-corrected chi connectivity index (χ4v) is 0.439. The van der Waals surface area contributed by atoms with Crippen molar-refractivity contribution in [1.29, 1.82) is 0 Å². The van der Waals surface area contributed by atoms with Crippen LogP contribution in [-0.4, -0.2) is 6.61 Å². The molecule has 0 spiro atoms. The summed E-state index contributed by atoms with van der Waals surface area (Å²) in [6.07, 6.45) is 0. The van der Waals surface area contributed by atoms with Crippen LogP contribution in [0.3, 0.4) is 0 Å². The van der Waals surface area contributed by atoms with Crippen LogP contribution in [0.2, 0.25) is 0 Å². The fourth-order valence-electron chi connectivity index (χ4n) is 0.259. The third-order valence-corrected chi connectivity index (χ3v) is 1.40. The van der Waals surface area contributed by atoms with E-state index in [-0.39, 0.29) is 0 Å². The second kappa shape index (κ2) is 4.43. The molecule has 0 heterocycles. The Bertz CT molecular complexity index is 68.5. The van der Waals surface area contributed by atoms with Crippen molar-refractivity contribution in [2.45, 2.75) is 13.8 Å². The van der Waals surface area contributed by atoms with E-state index in [9.17, 15) is 0 Å². The molecular formula is C5H9IO. The van der Waals surface area contributed by atoms with Crippen LogP contribution in [0.15, 0.2) is 9.84 Å². The minimum atomic E-state index is 0.769. The predicted octanol–water partition coefficient (Wildman–Crippen LogP) is 2.32. The van der Waals surface area contributed by atoms with E-state index in [4.69, 9.17) is 4.74 Å². The maximum atomic E-state index is 5.04. The van der Waals surface area contributed by atoms with E-state index in [1.807, 2.05) is 17.9 Å². The van der Waals surface area contributed by atoms with Gasteiger partial charge in [-0.1, -0.05) is 0 Å². The van der Waals surface area contributed by atoms with Crippen LogP contribution in [0.5, 0.6) is 0 Å². The second-order valence-electron chi connectivity index (χ2n) is 1.15. The summed E-state index contributed by atoms with van der Waals surface area (Å²) in [5.74, 6) is 0.989. The summed E-state index contributed by atoms with van der Waals surface area (Å²) < 4.78 is 6.96. The maximum Gasteiger partial charge on any atom is 0.0989 e. The molecule has 0 saturated carbocycles. The largest absolute Gasteiger partial charge is 0.498 e. The number of allylic oxidation sites excluding steroid dienone is 1. The first-order valence-electron chi connectivity index (χ1n) is 2.21. The number of hydrogen-bond acceptors (Lipinski definition) is 1. The SMILES string of the molecule is CCO/C(C)=C/I. The fraction of sp³-hybridized carbons (Fsp3) is 0.600. The molecule has 2 heteroatoms. The van der Waals surface area contributed by atoms with Crippen LogP contribution in [-0.2, 0) is 4.74 Å². The van der Waals surface area contributed by atoms with E-state index in [2.05, 4.69) is 22.6 Å². The van der Waals surface area contributed by atoms with Gasteiger partial charge in [0.05, 0.1) is 12.4 Å². The molecule has 0 aliphatic carbocycles. The van der Waals surface area contributed by atoms with Gasteiger partial charge in [-0.05, 0) is 36.4 Å². The van der Waals surface area contributed by atoms with Crippen LogP contribution in [0.4, 0.5) is 0 Å². The summed E-state index contributed by atoms with van der Waals surface area (Å²) >= 11 is 2.15. The zero-order valence-corrected chi connectivity index (χ0v) is 6.73. The molecule has 0 radical (unpaired) electrons. The molecule has 0 rings (SSSR count). The molecule has 0 aliphatic heterocycles. The predicted molar refractivity (Wildman–Crippen MR) is 39.4 cm³/mol. The Kier molecular flexibility index (Phi) is 4.60. The topological polar surface area (TPSA) is 9.23 Å². The number of halogens is 1. The lowest BCUT2D eigenvalue weighted by molar-refractivity contribution is 0.233. The third kappa shape index (κ3) is 4.12. The van der Waals surface area contributed by atoms with Gasteiger partial charge < -0.3 is 4.74 Å². The molecule has 1 nitrogen and oxygen atoms in total. The molecule has 0 aromatic heterocycles. The Labute approximate surface area is 57.9 Å². The van der Waals surface area contributed by atoms with Crippen LogP contribution in [0.1, 0.15) is 13.8 Å². The average molecular weight is 212 g/mol. The van der Waals surface area contributed by atoms with Crippen molar-refractivity contribution in [3.63, 3.8) is 0 Å². The molecule has 0 aromatic rings. The van der Waals surface area contributed by atoms with Gasteiger partial charge in [0.1, 0.15) is 0 Å². The Balaban J connectivity index is 3.17. The lowest BCUT2D eigenvalue weighted by Crippen LogP contribution is -1.82. The molecular weight excluding hydrogens is 203 g/mol. The molecule has 0 fully saturated rings. The quantitative estimate of drug-likeness (QED) is 0.504. The second-order valence-corrected chi connectivity index (χ2v) is 1.78. The van der Waals surface area contributed by atoms with Crippen molar-refractivity contribution in [3.8, 4) is 0 Å². The monoisotopic (exact) mass is 212 g/mol. The first-order chi connectivity index (χ1) is 3.31. The number of ether oxygens (including phenoxy) is 1. The van der Waals surface area contributed by atoms with Gasteiger partial charge in [0.2, 0.25) is 0 Å². The van der Waals surface area contributed by atoms with E-state index >= 15 is 0 Å². The van der Waals surface area contributed by atoms with Crippen molar-refractivity contribution in [1.82, 2.24) is 0 Å². The van der Waals surface area contributed by atoms with E-state index in [0.717, 1.165) is 12.4 Å². The summed E-state index contributed by atoms with van der Waals surface area (Å²) in [6, 6.07) is 0. The highest BCUT2D eigenvalue weighted by Gasteiger charge is 1.78. The summed E-state index contributed by atoms with van der Waals surface area (Å²) in [7, 11) is 0. The molecule has 0 aliphatic rings. The van der Waals surface area contributed by atoms with Gasteiger partial charge in [-0.25, -0.2) is 0 Å². The summed E-state index contributed by atoms with van der Waals surface area (Å²) in [5, 5.41) is 0. The molecule has 42 valence electrons. The van der Waals surface area contributed by atoms with Gasteiger partial charge in [-0.2, -0.15) is 0 Å². The molecule has 0 atom stereocenters.